The summed E-state index contributed by atoms with van der Waals surface area (Å²) < 4.78 is 0. The summed E-state index contributed by atoms with van der Waals surface area (Å²) in [5.41, 5.74) is 2.82. The highest BCUT2D eigenvalue weighted by Gasteiger charge is 2.11. The van der Waals surface area contributed by atoms with E-state index < -0.39 is 4.92 Å². The third-order valence-corrected chi connectivity index (χ3v) is 2.21. The minimum absolute atomic E-state index is 0.0725. The van der Waals surface area contributed by atoms with Crippen LogP contribution in [0.15, 0.2) is 23.3 Å². The van der Waals surface area contributed by atoms with Gasteiger partial charge in [-0.3, -0.25) is 10.1 Å². The fourth-order valence-electron chi connectivity index (χ4n) is 1.12. The average molecular weight is 268 g/mol. The highest BCUT2D eigenvalue weighted by molar-refractivity contribution is 6.32. The monoisotopic (exact) mass is 267 g/mol. The molecule has 9 nitrogen and oxygen atoms in total. The fourth-order valence-corrected chi connectivity index (χ4v) is 1.31. The number of nitrogens with zero attached hydrogens (tertiary/aromatic N) is 5. The van der Waals surface area contributed by atoms with Crippen molar-refractivity contribution in [2.45, 2.75) is 0 Å². The average Bonchev–Trinajstić information content (AvgIpc) is 2.84. The highest BCUT2D eigenvalue weighted by atomic mass is 35.5. The minimum atomic E-state index is -0.563. The van der Waals surface area contributed by atoms with Crippen molar-refractivity contribution in [1.29, 1.82) is 0 Å². The molecule has 0 spiro atoms. The predicted molar refractivity (Wildman–Crippen MR) is 63.5 cm³/mol. The van der Waals surface area contributed by atoms with Crippen LogP contribution in [0.4, 0.5) is 11.6 Å². The van der Waals surface area contributed by atoms with Crippen LogP contribution in [-0.2, 0) is 0 Å². The molecular weight excluding hydrogens is 262 g/mol. The Balaban J connectivity index is 2.12. The lowest BCUT2D eigenvalue weighted by Gasteiger charge is -1.96. The van der Waals surface area contributed by atoms with Crippen LogP contribution in [0, 0.1) is 10.1 Å². The Morgan fingerprint density at radius 3 is 3.06 bits per heavy atom. The van der Waals surface area contributed by atoms with Gasteiger partial charge in [-0.2, -0.15) is 10.3 Å². The van der Waals surface area contributed by atoms with Crippen LogP contribution in [0.2, 0.25) is 5.02 Å². The third-order valence-electron chi connectivity index (χ3n) is 1.89. The number of rotatable bonds is 4. The number of nitro benzene ring substituents is 1. The number of halogens is 1. The SMILES string of the molecule is O=[N+]([O-])c1cc(C=NNc2nn[nH]n2)ccc1Cl. The van der Waals surface area contributed by atoms with E-state index in [2.05, 4.69) is 31.2 Å². The molecule has 0 aliphatic rings. The summed E-state index contributed by atoms with van der Waals surface area (Å²) in [5.74, 6) is 0.190. The summed E-state index contributed by atoms with van der Waals surface area (Å²) in [6.45, 7) is 0. The molecule has 0 radical (unpaired) electrons. The van der Waals surface area contributed by atoms with E-state index in [4.69, 9.17) is 11.6 Å². The van der Waals surface area contributed by atoms with Crippen molar-refractivity contribution in [3.05, 3.63) is 38.9 Å². The maximum atomic E-state index is 10.7. The number of nitro groups is 1. The molecule has 10 heteroatoms. The quantitative estimate of drug-likeness (QED) is 0.488. The number of H-pyrrole nitrogens is 1. The maximum Gasteiger partial charge on any atom is 0.288 e. The van der Waals surface area contributed by atoms with E-state index in [1.54, 1.807) is 6.07 Å². The number of tetrazole rings is 1. The Morgan fingerprint density at radius 2 is 2.39 bits per heavy atom. The lowest BCUT2D eigenvalue weighted by Crippen LogP contribution is -1.94. The largest absolute Gasteiger partial charge is 0.288 e. The molecule has 0 saturated heterocycles. The standard InChI is InChI=1S/C8H6ClN7O2/c9-6-2-1-5(3-7(6)16(17)18)4-10-11-8-12-14-15-13-8/h1-4H,(H2,11,12,13,14,15). The van der Waals surface area contributed by atoms with Crippen molar-refractivity contribution in [1.82, 2.24) is 20.6 Å². The number of anilines is 1. The molecule has 0 aliphatic carbocycles. The molecule has 2 N–H and O–H groups in total. The predicted octanol–water partition coefficient (Wildman–Crippen LogP) is 1.21. The molecule has 0 atom stereocenters. The van der Waals surface area contributed by atoms with E-state index in [0.717, 1.165) is 0 Å². The second-order valence-electron chi connectivity index (χ2n) is 3.07. The lowest BCUT2D eigenvalue weighted by molar-refractivity contribution is -0.384. The Bertz CT molecular complexity index is 583. The molecule has 2 aromatic rings. The van der Waals surface area contributed by atoms with Gasteiger partial charge in [-0.25, -0.2) is 5.43 Å². The third kappa shape index (κ3) is 2.77. The molecule has 92 valence electrons. The molecule has 1 aromatic carbocycles. The van der Waals surface area contributed by atoms with Gasteiger partial charge in [0.2, 0.25) is 0 Å². The van der Waals surface area contributed by atoms with E-state index in [1.165, 1.54) is 18.3 Å². The molecule has 1 aromatic heterocycles. The van der Waals surface area contributed by atoms with Crippen molar-refractivity contribution >= 4 is 29.5 Å². The summed E-state index contributed by atoms with van der Waals surface area (Å²) in [4.78, 5) is 10.1. The number of hydrogen-bond acceptors (Lipinski definition) is 7. The first-order valence-electron chi connectivity index (χ1n) is 4.63. The van der Waals surface area contributed by atoms with Gasteiger partial charge in [0.15, 0.2) is 0 Å². The number of aromatic nitrogens is 4. The summed E-state index contributed by atoms with van der Waals surface area (Å²) in [5, 5.41) is 27.3. The Labute approximate surface area is 105 Å². The zero-order chi connectivity index (χ0) is 13.0. The van der Waals surface area contributed by atoms with Crippen LogP contribution in [-0.4, -0.2) is 31.8 Å². The van der Waals surface area contributed by atoms with Crippen molar-refractivity contribution in [3.63, 3.8) is 0 Å². The zero-order valence-electron chi connectivity index (χ0n) is 8.74. The maximum absolute atomic E-state index is 10.7. The van der Waals surface area contributed by atoms with E-state index in [-0.39, 0.29) is 16.7 Å². The molecular formula is C8H6ClN7O2. The van der Waals surface area contributed by atoms with Gasteiger partial charge in [0.05, 0.1) is 11.1 Å². The normalized spacial score (nSPS) is 10.7. The van der Waals surface area contributed by atoms with Crippen molar-refractivity contribution in [2.75, 3.05) is 5.43 Å². The number of nitrogens with one attached hydrogen (secondary N) is 2. The zero-order valence-corrected chi connectivity index (χ0v) is 9.50. The number of hydrogen-bond donors (Lipinski definition) is 2. The lowest BCUT2D eigenvalue weighted by atomic mass is 10.2. The Kier molecular flexibility index (Phi) is 3.44. The van der Waals surface area contributed by atoms with Crippen LogP contribution in [0.3, 0.4) is 0 Å². The van der Waals surface area contributed by atoms with Crippen molar-refractivity contribution in [3.8, 4) is 0 Å². The van der Waals surface area contributed by atoms with E-state index in [1.807, 2.05) is 0 Å². The van der Waals surface area contributed by atoms with E-state index >= 15 is 0 Å². The van der Waals surface area contributed by atoms with Gasteiger partial charge < -0.3 is 0 Å². The van der Waals surface area contributed by atoms with Crippen LogP contribution in [0.25, 0.3) is 0 Å². The number of benzene rings is 1. The second-order valence-corrected chi connectivity index (χ2v) is 3.48. The van der Waals surface area contributed by atoms with Gasteiger partial charge in [0, 0.05) is 11.6 Å². The second kappa shape index (κ2) is 5.19. The molecule has 18 heavy (non-hydrogen) atoms. The van der Waals surface area contributed by atoms with Gasteiger partial charge in [-0.05, 0) is 11.3 Å². The van der Waals surface area contributed by atoms with Gasteiger partial charge >= 0.3 is 0 Å². The van der Waals surface area contributed by atoms with Crippen LogP contribution < -0.4 is 5.43 Å². The van der Waals surface area contributed by atoms with Crippen LogP contribution in [0.5, 0.6) is 0 Å². The van der Waals surface area contributed by atoms with Crippen molar-refractivity contribution < 1.29 is 4.92 Å². The molecule has 0 saturated carbocycles. The summed E-state index contributed by atoms with van der Waals surface area (Å²) >= 11 is 5.67. The van der Waals surface area contributed by atoms with Gasteiger partial charge in [-0.1, -0.05) is 22.8 Å². The van der Waals surface area contributed by atoms with E-state index in [0.29, 0.717) is 5.56 Å². The molecule has 1 heterocycles. The molecule has 0 amide bonds. The smallest absolute Gasteiger partial charge is 0.258 e. The topological polar surface area (TPSA) is 122 Å². The summed E-state index contributed by atoms with van der Waals surface area (Å²) in [7, 11) is 0. The number of hydrazone groups is 1. The Hall–Kier alpha value is -2.55. The van der Waals surface area contributed by atoms with Gasteiger partial charge in [0.1, 0.15) is 5.02 Å². The molecule has 0 unspecified atom stereocenters. The molecule has 2 rings (SSSR count). The van der Waals surface area contributed by atoms with Crippen LogP contribution in [0.1, 0.15) is 5.56 Å². The van der Waals surface area contributed by atoms with Crippen LogP contribution >= 0.6 is 11.6 Å². The summed E-state index contributed by atoms with van der Waals surface area (Å²) in [6.07, 6.45) is 1.37. The first-order valence-corrected chi connectivity index (χ1v) is 5.01. The molecule has 0 fully saturated rings. The van der Waals surface area contributed by atoms with E-state index in [9.17, 15) is 10.1 Å². The van der Waals surface area contributed by atoms with Gasteiger partial charge in [-0.15, -0.1) is 5.10 Å². The minimum Gasteiger partial charge on any atom is -0.258 e. The highest BCUT2D eigenvalue weighted by Crippen LogP contribution is 2.24. The molecule has 0 bridgehead atoms. The first kappa shape index (κ1) is 11.9. The van der Waals surface area contributed by atoms with Gasteiger partial charge in [0.25, 0.3) is 11.6 Å². The Morgan fingerprint density at radius 1 is 1.56 bits per heavy atom. The van der Waals surface area contributed by atoms with Crippen molar-refractivity contribution in [2.24, 2.45) is 5.10 Å². The molecule has 0 aliphatic heterocycles. The summed E-state index contributed by atoms with van der Waals surface area (Å²) in [6, 6.07) is 4.33. The first-order chi connectivity index (χ1) is 8.66. The number of aromatic amines is 1. The fraction of sp³-hybridized carbons (Fsp3) is 0.